The molecule has 16 heavy (non-hydrogen) atoms. The summed E-state index contributed by atoms with van der Waals surface area (Å²) >= 11 is 0. The molecule has 1 unspecified atom stereocenters. The lowest BCUT2D eigenvalue weighted by Crippen LogP contribution is -2.21. The molecule has 0 radical (unpaired) electrons. The van der Waals surface area contributed by atoms with Crippen molar-refractivity contribution in [2.75, 3.05) is 6.54 Å². The van der Waals surface area contributed by atoms with Gasteiger partial charge in [0.25, 0.3) is 0 Å². The number of rotatable bonds is 7. The molecule has 0 rings (SSSR count). The van der Waals surface area contributed by atoms with E-state index in [-0.39, 0.29) is 6.04 Å². The van der Waals surface area contributed by atoms with E-state index >= 15 is 0 Å². The third-order valence-corrected chi connectivity index (χ3v) is 2.78. The molecule has 0 aliphatic carbocycles. The van der Waals surface area contributed by atoms with Crippen molar-refractivity contribution >= 4 is 0 Å². The van der Waals surface area contributed by atoms with E-state index in [2.05, 4.69) is 32.6 Å². The van der Waals surface area contributed by atoms with Crippen LogP contribution in [0, 0.1) is 0 Å². The van der Waals surface area contributed by atoms with E-state index in [4.69, 9.17) is 11.5 Å². The van der Waals surface area contributed by atoms with Crippen LogP contribution >= 0.6 is 0 Å². The minimum atomic E-state index is 0.103. The van der Waals surface area contributed by atoms with E-state index in [0.29, 0.717) is 0 Å². The Morgan fingerprint density at radius 1 is 1.38 bits per heavy atom. The second-order valence-electron chi connectivity index (χ2n) is 4.21. The van der Waals surface area contributed by atoms with Crippen molar-refractivity contribution in [3.63, 3.8) is 0 Å². The van der Waals surface area contributed by atoms with Gasteiger partial charge in [-0.2, -0.15) is 0 Å². The van der Waals surface area contributed by atoms with E-state index in [9.17, 15) is 0 Å². The highest BCUT2D eigenvalue weighted by atomic mass is 14.6. The van der Waals surface area contributed by atoms with Gasteiger partial charge in [0.15, 0.2) is 0 Å². The van der Waals surface area contributed by atoms with Crippen LogP contribution in [0.3, 0.4) is 0 Å². The Bertz CT molecular complexity index is 274. The second-order valence-corrected chi connectivity index (χ2v) is 4.21. The van der Waals surface area contributed by atoms with Gasteiger partial charge < -0.3 is 11.5 Å². The first kappa shape index (κ1) is 15.1. The third-order valence-electron chi connectivity index (χ3n) is 2.78. The molecule has 0 heterocycles. The SMILES string of the molecule is C=C(C)/C(C)=C(/C=C\CCCN)C(N)CC. The molecule has 0 aliphatic rings. The van der Waals surface area contributed by atoms with Crippen molar-refractivity contribution in [1.82, 2.24) is 0 Å². The lowest BCUT2D eigenvalue weighted by molar-refractivity contribution is 0.746. The summed E-state index contributed by atoms with van der Waals surface area (Å²) in [4.78, 5) is 0. The first-order chi connectivity index (χ1) is 7.54. The Balaban J connectivity index is 4.76. The third kappa shape index (κ3) is 5.29. The zero-order valence-electron chi connectivity index (χ0n) is 10.9. The molecule has 1 atom stereocenters. The van der Waals surface area contributed by atoms with Gasteiger partial charge in [0.2, 0.25) is 0 Å². The zero-order valence-corrected chi connectivity index (χ0v) is 10.9. The first-order valence-corrected chi connectivity index (χ1v) is 6.03. The lowest BCUT2D eigenvalue weighted by Gasteiger charge is -2.15. The Morgan fingerprint density at radius 2 is 2.00 bits per heavy atom. The average Bonchev–Trinajstić information content (AvgIpc) is 2.27. The van der Waals surface area contributed by atoms with E-state index in [1.165, 1.54) is 11.1 Å². The van der Waals surface area contributed by atoms with Crippen LogP contribution in [0.4, 0.5) is 0 Å². The fourth-order valence-electron chi connectivity index (χ4n) is 1.44. The van der Waals surface area contributed by atoms with Crippen molar-refractivity contribution in [3.8, 4) is 0 Å². The maximum Gasteiger partial charge on any atom is 0.0294 e. The van der Waals surface area contributed by atoms with Crippen molar-refractivity contribution < 1.29 is 0 Å². The summed E-state index contributed by atoms with van der Waals surface area (Å²) in [6.07, 6.45) is 7.27. The van der Waals surface area contributed by atoms with Crippen molar-refractivity contribution in [3.05, 3.63) is 35.5 Å². The minimum absolute atomic E-state index is 0.103. The fourth-order valence-corrected chi connectivity index (χ4v) is 1.44. The van der Waals surface area contributed by atoms with Crippen LogP contribution in [-0.4, -0.2) is 12.6 Å². The summed E-state index contributed by atoms with van der Waals surface area (Å²) < 4.78 is 0. The van der Waals surface area contributed by atoms with E-state index in [0.717, 1.165) is 31.4 Å². The molecule has 0 saturated heterocycles. The van der Waals surface area contributed by atoms with Crippen LogP contribution in [0.2, 0.25) is 0 Å². The Kier molecular flexibility index (Phi) is 7.86. The molecule has 4 N–H and O–H groups in total. The molecule has 0 saturated carbocycles. The van der Waals surface area contributed by atoms with Crippen molar-refractivity contribution in [2.24, 2.45) is 11.5 Å². The number of hydrogen-bond donors (Lipinski definition) is 2. The average molecular weight is 222 g/mol. The molecule has 2 nitrogen and oxygen atoms in total. The molecule has 2 heteroatoms. The monoisotopic (exact) mass is 222 g/mol. The van der Waals surface area contributed by atoms with Crippen LogP contribution in [0.25, 0.3) is 0 Å². The summed E-state index contributed by atoms with van der Waals surface area (Å²) in [6.45, 7) is 10.9. The molecular formula is C14H26N2. The molecular weight excluding hydrogens is 196 g/mol. The molecule has 0 aromatic carbocycles. The lowest BCUT2D eigenvalue weighted by atomic mass is 9.96. The van der Waals surface area contributed by atoms with E-state index in [1.54, 1.807) is 0 Å². The van der Waals surface area contributed by atoms with Crippen LogP contribution in [0.15, 0.2) is 35.5 Å². The van der Waals surface area contributed by atoms with E-state index < -0.39 is 0 Å². The van der Waals surface area contributed by atoms with Crippen LogP contribution in [0.1, 0.15) is 40.0 Å². The summed E-state index contributed by atoms with van der Waals surface area (Å²) in [6, 6.07) is 0.103. The Hall–Kier alpha value is -0.860. The summed E-state index contributed by atoms with van der Waals surface area (Å²) in [5.74, 6) is 0. The summed E-state index contributed by atoms with van der Waals surface area (Å²) in [5.41, 5.74) is 15.0. The number of allylic oxidation sites excluding steroid dienone is 3. The van der Waals surface area contributed by atoms with E-state index in [1.807, 2.05) is 6.92 Å². The van der Waals surface area contributed by atoms with Gasteiger partial charge in [-0.25, -0.2) is 0 Å². The van der Waals surface area contributed by atoms with Gasteiger partial charge in [-0.05, 0) is 50.8 Å². The minimum Gasteiger partial charge on any atom is -0.330 e. The highest BCUT2D eigenvalue weighted by Crippen LogP contribution is 2.18. The van der Waals surface area contributed by atoms with Crippen LogP contribution in [0.5, 0.6) is 0 Å². The molecule has 0 aromatic heterocycles. The Morgan fingerprint density at radius 3 is 2.44 bits per heavy atom. The normalized spacial score (nSPS) is 15.1. The van der Waals surface area contributed by atoms with Gasteiger partial charge in [-0.1, -0.05) is 31.2 Å². The molecule has 0 fully saturated rings. The maximum atomic E-state index is 6.10. The maximum absolute atomic E-state index is 6.10. The Labute approximate surface area is 100 Å². The first-order valence-electron chi connectivity index (χ1n) is 6.03. The van der Waals surface area contributed by atoms with Crippen molar-refractivity contribution in [2.45, 2.75) is 46.1 Å². The van der Waals surface area contributed by atoms with Gasteiger partial charge in [0.05, 0.1) is 0 Å². The molecule has 0 aromatic rings. The van der Waals surface area contributed by atoms with Crippen molar-refractivity contribution in [1.29, 1.82) is 0 Å². The number of nitrogens with two attached hydrogens (primary N) is 2. The second kappa shape index (κ2) is 8.31. The fraction of sp³-hybridized carbons (Fsp3) is 0.571. The number of unbranched alkanes of at least 4 members (excludes halogenated alkanes) is 1. The van der Waals surface area contributed by atoms with Gasteiger partial charge in [0.1, 0.15) is 0 Å². The van der Waals surface area contributed by atoms with Gasteiger partial charge >= 0.3 is 0 Å². The highest BCUT2D eigenvalue weighted by molar-refractivity contribution is 5.39. The molecule has 92 valence electrons. The topological polar surface area (TPSA) is 52.0 Å². The highest BCUT2D eigenvalue weighted by Gasteiger charge is 2.07. The molecule has 0 bridgehead atoms. The number of hydrogen-bond acceptors (Lipinski definition) is 2. The van der Waals surface area contributed by atoms with Crippen LogP contribution in [-0.2, 0) is 0 Å². The van der Waals surface area contributed by atoms with Gasteiger partial charge in [0, 0.05) is 6.04 Å². The van der Waals surface area contributed by atoms with Gasteiger partial charge in [-0.3, -0.25) is 0 Å². The predicted octanol–water partition coefficient (Wildman–Crippen LogP) is 2.91. The zero-order chi connectivity index (χ0) is 12.6. The summed E-state index contributed by atoms with van der Waals surface area (Å²) in [5, 5.41) is 0. The standard InChI is InChI=1S/C14H26N2/c1-5-14(16)13(12(4)11(2)3)9-7-6-8-10-15/h7,9,14H,2,5-6,8,10,15-16H2,1,3-4H3/b9-7-,13-12-. The van der Waals surface area contributed by atoms with Crippen LogP contribution < -0.4 is 11.5 Å². The van der Waals surface area contributed by atoms with Gasteiger partial charge in [-0.15, -0.1) is 0 Å². The quantitative estimate of drug-likeness (QED) is 0.514. The molecule has 0 spiro atoms. The molecule has 0 aliphatic heterocycles. The molecule has 0 amide bonds. The predicted molar refractivity (Wildman–Crippen MR) is 73.2 cm³/mol. The smallest absolute Gasteiger partial charge is 0.0294 e. The largest absolute Gasteiger partial charge is 0.330 e. The summed E-state index contributed by atoms with van der Waals surface area (Å²) in [7, 11) is 0.